The van der Waals surface area contributed by atoms with Gasteiger partial charge in [-0.05, 0) is 34.5 Å². The first-order valence-corrected chi connectivity index (χ1v) is 7.97. The number of halogens is 1. The molecule has 0 aliphatic carbocycles. The molecule has 0 spiro atoms. The maximum Gasteiger partial charge on any atom is 0.226 e. The van der Waals surface area contributed by atoms with Crippen LogP contribution in [-0.4, -0.2) is 30.0 Å². The van der Waals surface area contributed by atoms with Crippen LogP contribution in [0.1, 0.15) is 12.0 Å². The number of benzene rings is 1. The summed E-state index contributed by atoms with van der Waals surface area (Å²) in [6.45, 7) is 3.01. The molecule has 1 aromatic carbocycles. The zero-order valence-corrected chi connectivity index (χ0v) is 12.7. The average molecular weight is 329 g/mol. The van der Waals surface area contributed by atoms with Gasteiger partial charge in [0, 0.05) is 35.0 Å². The lowest BCUT2D eigenvalue weighted by molar-refractivity contribution is -0.116. The van der Waals surface area contributed by atoms with Crippen LogP contribution in [0.4, 0.5) is 5.69 Å². The fraction of sp³-hybridized carbons (Fsp3) is 0.462. The van der Waals surface area contributed by atoms with Crippen LogP contribution in [0.25, 0.3) is 0 Å². The Morgan fingerprint density at radius 2 is 2.44 bits per heavy atom. The number of aryl methyl sites for hydroxylation is 1. The van der Waals surface area contributed by atoms with Crippen LogP contribution in [0.2, 0.25) is 0 Å². The first-order valence-electron chi connectivity index (χ1n) is 6.03. The summed E-state index contributed by atoms with van der Waals surface area (Å²) in [5.74, 6) is 2.23. The Morgan fingerprint density at radius 3 is 3.17 bits per heavy atom. The van der Waals surface area contributed by atoms with Gasteiger partial charge < -0.3 is 10.6 Å². The molecule has 0 aromatic heterocycles. The van der Waals surface area contributed by atoms with Crippen LogP contribution in [0, 0.1) is 6.92 Å². The molecule has 0 radical (unpaired) electrons. The molecule has 5 heteroatoms. The van der Waals surface area contributed by atoms with Gasteiger partial charge in [0.1, 0.15) is 0 Å². The molecule has 1 saturated heterocycles. The average Bonchev–Trinajstić information content (AvgIpc) is 2.36. The normalized spacial score (nSPS) is 19.6. The van der Waals surface area contributed by atoms with Crippen LogP contribution in [0.15, 0.2) is 22.7 Å². The van der Waals surface area contributed by atoms with Crippen LogP contribution in [-0.2, 0) is 4.79 Å². The molecule has 3 nitrogen and oxygen atoms in total. The molecule has 1 aliphatic rings. The highest BCUT2D eigenvalue weighted by atomic mass is 79.9. The van der Waals surface area contributed by atoms with Crippen molar-refractivity contribution in [3.05, 3.63) is 28.2 Å². The van der Waals surface area contributed by atoms with E-state index in [1.807, 2.05) is 36.9 Å². The monoisotopic (exact) mass is 328 g/mol. The van der Waals surface area contributed by atoms with Gasteiger partial charge in [0.15, 0.2) is 0 Å². The second-order valence-electron chi connectivity index (χ2n) is 4.41. The Kier molecular flexibility index (Phi) is 5.09. The molecule has 1 heterocycles. The minimum atomic E-state index is 0.0706. The van der Waals surface area contributed by atoms with E-state index < -0.39 is 0 Å². The van der Waals surface area contributed by atoms with Crippen molar-refractivity contribution >= 4 is 39.3 Å². The van der Waals surface area contributed by atoms with E-state index in [2.05, 4.69) is 26.6 Å². The van der Waals surface area contributed by atoms with E-state index in [4.69, 9.17) is 0 Å². The van der Waals surface area contributed by atoms with Crippen molar-refractivity contribution in [3.63, 3.8) is 0 Å². The Bertz CT molecular complexity index is 433. The third kappa shape index (κ3) is 3.73. The molecule has 1 unspecified atom stereocenters. The zero-order chi connectivity index (χ0) is 13.0. The Balaban J connectivity index is 1.92. The Hall–Kier alpha value is -0.520. The van der Waals surface area contributed by atoms with E-state index in [0.29, 0.717) is 12.5 Å². The lowest BCUT2D eigenvalue weighted by atomic mass is 10.2. The predicted molar refractivity (Wildman–Crippen MR) is 81.2 cm³/mol. The van der Waals surface area contributed by atoms with Gasteiger partial charge in [0.25, 0.3) is 0 Å². The standard InChI is InChI=1S/C13H17BrN2OS/c1-9-3-2-4-11(13(9)14)16-12(17)7-10-8-18-6-5-15-10/h2-4,10,15H,5-8H2,1H3,(H,16,17). The fourth-order valence-electron chi connectivity index (χ4n) is 1.92. The van der Waals surface area contributed by atoms with E-state index in [0.717, 1.165) is 33.8 Å². The summed E-state index contributed by atoms with van der Waals surface area (Å²) in [6.07, 6.45) is 0.535. The first kappa shape index (κ1) is 13.9. The van der Waals surface area contributed by atoms with E-state index in [9.17, 15) is 4.79 Å². The van der Waals surface area contributed by atoms with Gasteiger partial charge in [0.05, 0.1) is 5.69 Å². The molecule has 0 saturated carbocycles. The number of anilines is 1. The van der Waals surface area contributed by atoms with Crippen molar-refractivity contribution in [2.24, 2.45) is 0 Å². The number of carbonyl (C=O) groups excluding carboxylic acids is 1. The minimum absolute atomic E-state index is 0.0706. The summed E-state index contributed by atoms with van der Waals surface area (Å²) < 4.78 is 0.962. The molecule has 98 valence electrons. The highest BCUT2D eigenvalue weighted by Gasteiger charge is 2.17. The van der Waals surface area contributed by atoms with Gasteiger partial charge >= 0.3 is 0 Å². The van der Waals surface area contributed by atoms with Gasteiger partial charge in [-0.3, -0.25) is 4.79 Å². The van der Waals surface area contributed by atoms with E-state index in [-0.39, 0.29) is 5.91 Å². The molecule has 1 atom stereocenters. The highest BCUT2D eigenvalue weighted by molar-refractivity contribution is 9.10. The number of nitrogens with one attached hydrogen (secondary N) is 2. The summed E-state index contributed by atoms with van der Waals surface area (Å²) in [5.41, 5.74) is 1.97. The van der Waals surface area contributed by atoms with Gasteiger partial charge in [-0.1, -0.05) is 12.1 Å². The number of carbonyl (C=O) groups is 1. The largest absolute Gasteiger partial charge is 0.325 e. The highest BCUT2D eigenvalue weighted by Crippen LogP contribution is 2.26. The second kappa shape index (κ2) is 6.59. The molecule has 2 N–H and O–H groups in total. The zero-order valence-electron chi connectivity index (χ0n) is 10.3. The molecule has 1 aromatic rings. The lowest BCUT2D eigenvalue weighted by Gasteiger charge is -2.22. The maximum atomic E-state index is 12.0. The number of hydrogen-bond donors (Lipinski definition) is 2. The maximum absolute atomic E-state index is 12.0. The van der Waals surface area contributed by atoms with Crippen molar-refractivity contribution < 1.29 is 4.79 Å². The smallest absolute Gasteiger partial charge is 0.226 e. The van der Waals surface area contributed by atoms with Gasteiger partial charge in [-0.25, -0.2) is 0 Å². The van der Waals surface area contributed by atoms with Crippen LogP contribution in [0.3, 0.4) is 0 Å². The van der Waals surface area contributed by atoms with Gasteiger partial charge in [-0.2, -0.15) is 11.8 Å². The van der Waals surface area contributed by atoms with E-state index >= 15 is 0 Å². The van der Waals surface area contributed by atoms with Crippen molar-refractivity contribution in [3.8, 4) is 0 Å². The van der Waals surface area contributed by atoms with Crippen molar-refractivity contribution in [1.29, 1.82) is 0 Å². The molecule has 1 aliphatic heterocycles. The minimum Gasteiger partial charge on any atom is -0.325 e. The summed E-state index contributed by atoms with van der Waals surface area (Å²) in [4.78, 5) is 12.0. The topological polar surface area (TPSA) is 41.1 Å². The molecular weight excluding hydrogens is 312 g/mol. The molecule has 18 heavy (non-hydrogen) atoms. The summed E-state index contributed by atoms with van der Waals surface area (Å²) >= 11 is 5.40. The van der Waals surface area contributed by atoms with E-state index in [1.165, 1.54) is 0 Å². The number of thioether (sulfide) groups is 1. The molecular formula is C13H17BrN2OS. The number of hydrogen-bond acceptors (Lipinski definition) is 3. The van der Waals surface area contributed by atoms with Crippen LogP contribution < -0.4 is 10.6 Å². The first-order chi connectivity index (χ1) is 8.66. The van der Waals surface area contributed by atoms with Crippen molar-refractivity contribution in [2.45, 2.75) is 19.4 Å². The third-order valence-corrected chi connectivity index (χ3v) is 5.08. The van der Waals surface area contributed by atoms with Gasteiger partial charge in [-0.15, -0.1) is 0 Å². The Labute approximate surface area is 120 Å². The Morgan fingerprint density at radius 1 is 1.61 bits per heavy atom. The third-order valence-electron chi connectivity index (χ3n) is 2.90. The number of rotatable bonds is 3. The second-order valence-corrected chi connectivity index (χ2v) is 6.36. The van der Waals surface area contributed by atoms with Crippen molar-refractivity contribution in [1.82, 2.24) is 5.32 Å². The quantitative estimate of drug-likeness (QED) is 0.896. The molecule has 2 rings (SSSR count). The molecule has 1 amide bonds. The van der Waals surface area contributed by atoms with Crippen LogP contribution in [0.5, 0.6) is 0 Å². The number of amides is 1. The lowest BCUT2D eigenvalue weighted by Crippen LogP contribution is -2.39. The predicted octanol–water partition coefficient (Wildman–Crippen LogP) is 2.79. The molecule has 0 bridgehead atoms. The summed E-state index contributed by atoms with van der Waals surface area (Å²) in [5, 5.41) is 6.33. The van der Waals surface area contributed by atoms with E-state index in [1.54, 1.807) is 0 Å². The van der Waals surface area contributed by atoms with Gasteiger partial charge in [0.2, 0.25) is 5.91 Å². The SMILES string of the molecule is Cc1cccc(NC(=O)CC2CSCCN2)c1Br. The molecule has 1 fully saturated rings. The summed E-state index contributed by atoms with van der Waals surface area (Å²) in [7, 11) is 0. The summed E-state index contributed by atoms with van der Waals surface area (Å²) in [6, 6.07) is 6.17. The van der Waals surface area contributed by atoms with Crippen LogP contribution >= 0.6 is 27.7 Å². The van der Waals surface area contributed by atoms with Crippen molar-refractivity contribution in [2.75, 3.05) is 23.4 Å². The fourth-order valence-corrected chi connectivity index (χ4v) is 3.23.